The Morgan fingerprint density at radius 1 is 1.39 bits per heavy atom. The number of rotatable bonds is 8. The lowest BCUT2D eigenvalue weighted by molar-refractivity contribution is 0.308. The maximum Gasteiger partial charge on any atom is 0.213 e. The maximum atomic E-state index is 5.68. The van der Waals surface area contributed by atoms with Crippen LogP contribution >= 0.6 is 0 Å². The third-order valence-electron chi connectivity index (χ3n) is 2.63. The number of pyridine rings is 1. The molecule has 1 N–H and O–H groups in total. The molecule has 0 aliphatic carbocycles. The van der Waals surface area contributed by atoms with Gasteiger partial charge in [0.1, 0.15) is 0 Å². The number of aromatic nitrogens is 1. The van der Waals surface area contributed by atoms with Gasteiger partial charge in [-0.3, -0.25) is 0 Å². The largest absolute Gasteiger partial charge is 0.477 e. The lowest BCUT2D eigenvalue weighted by Gasteiger charge is -2.10. The molecule has 0 atom stereocenters. The Morgan fingerprint density at radius 3 is 2.78 bits per heavy atom. The summed E-state index contributed by atoms with van der Waals surface area (Å²) in [5.41, 5.74) is 3.44. The van der Waals surface area contributed by atoms with Gasteiger partial charge in [-0.05, 0) is 31.5 Å². The van der Waals surface area contributed by atoms with Crippen LogP contribution in [0.1, 0.15) is 38.4 Å². The van der Waals surface area contributed by atoms with E-state index < -0.39 is 0 Å². The molecule has 1 aromatic heterocycles. The second-order valence-corrected chi connectivity index (χ2v) is 4.49. The van der Waals surface area contributed by atoms with Crippen molar-refractivity contribution in [2.75, 3.05) is 13.2 Å². The van der Waals surface area contributed by atoms with Crippen molar-refractivity contribution in [1.82, 2.24) is 10.3 Å². The first-order valence-corrected chi connectivity index (χ1v) is 6.63. The first-order valence-electron chi connectivity index (χ1n) is 6.63. The molecule has 0 aliphatic rings. The monoisotopic (exact) mass is 248 g/mol. The molecule has 3 heteroatoms. The van der Waals surface area contributed by atoms with Gasteiger partial charge in [0.25, 0.3) is 0 Å². The van der Waals surface area contributed by atoms with Gasteiger partial charge < -0.3 is 10.1 Å². The lowest BCUT2D eigenvalue weighted by Crippen LogP contribution is -2.12. The molecule has 0 amide bonds. The zero-order chi connectivity index (χ0) is 13.4. The second kappa shape index (κ2) is 7.88. The summed E-state index contributed by atoms with van der Waals surface area (Å²) in [7, 11) is 0. The topological polar surface area (TPSA) is 34.1 Å². The SMILES string of the molecule is C=C(C)CCOc1cc(CNCC)cc(CC)n1. The third kappa shape index (κ3) is 5.32. The van der Waals surface area contributed by atoms with Gasteiger partial charge >= 0.3 is 0 Å². The molecule has 0 saturated carbocycles. The second-order valence-electron chi connectivity index (χ2n) is 4.49. The Labute approximate surface area is 110 Å². The Hall–Kier alpha value is -1.35. The number of nitrogens with one attached hydrogen (secondary N) is 1. The lowest BCUT2D eigenvalue weighted by atomic mass is 10.2. The molecule has 0 spiro atoms. The average Bonchev–Trinajstić information content (AvgIpc) is 2.35. The molecule has 0 aromatic carbocycles. The predicted octanol–water partition coefficient (Wildman–Crippen LogP) is 3.10. The molecular formula is C15H24N2O. The summed E-state index contributed by atoms with van der Waals surface area (Å²) in [6, 6.07) is 4.15. The molecule has 1 heterocycles. The fourth-order valence-electron chi connectivity index (χ4n) is 1.58. The molecule has 3 nitrogen and oxygen atoms in total. The Kier molecular flexibility index (Phi) is 6.44. The number of nitrogens with zero attached hydrogens (tertiary/aromatic N) is 1. The van der Waals surface area contributed by atoms with Crippen molar-refractivity contribution in [1.29, 1.82) is 0 Å². The van der Waals surface area contributed by atoms with E-state index in [-0.39, 0.29) is 0 Å². The number of hydrogen-bond acceptors (Lipinski definition) is 3. The van der Waals surface area contributed by atoms with E-state index in [9.17, 15) is 0 Å². The van der Waals surface area contributed by atoms with Crippen LogP contribution in [0.5, 0.6) is 5.88 Å². The molecule has 0 bridgehead atoms. The van der Waals surface area contributed by atoms with Gasteiger partial charge in [0.15, 0.2) is 0 Å². The zero-order valence-corrected chi connectivity index (χ0v) is 11.8. The van der Waals surface area contributed by atoms with Crippen molar-refractivity contribution >= 4 is 0 Å². The Bertz CT molecular complexity index is 388. The summed E-state index contributed by atoms with van der Waals surface area (Å²) in [5.74, 6) is 0.725. The first kappa shape index (κ1) is 14.7. The van der Waals surface area contributed by atoms with Crippen LogP contribution in [0.2, 0.25) is 0 Å². The van der Waals surface area contributed by atoms with E-state index in [0.29, 0.717) is 6.61 Å². The van der Waals surface area contributed by atoms with E-state index in [1.165, 1.54) is 5.56 Å². The average molecular weight is 248 g/mol. The Balaban J connectivity index is 2.67. The summed E-state index contributed by atoms with van der Waals surface area (Å²) in [6.07, 6.45) is 1.80. The van der Waals surface area contributed by atoms with Gasteiger partial charge in [0.05, 0.1) is 6.61 Å². The molecule has 1 rings (SSSR count). The summed E-state index contributed by atoms with van der Waals surface area (Å²) in [6.45, 7) is 12.6. The van der Waals surface area contributed by atoms with Crippen LogP contribution in [0.3, 0.4) is 0 Å². The highest BCUT2D eigenvalue weighted by Crippen LogP contribution is 2.14. The van der Waals surface area contributed by atoms with E-state index in [1.807, 2.05) is 13.0 Å². The molecule has 0 saturated heterocycles. The van der Waals surface area contributed by atoms with Crippen LogP contribution in [-0.2, 0) is 13.0 Å². The van der Waals surface area contributed by atoms with Gasteiger partial charge in [0, 0.05) is 24.7 Å². The molecule has 0 unspecified atom stereocenters. The molecule has 0 radical (unpaired) electrons. The zero-order valence-electron chi connectivity index (χ0n) is 11.8. The van der Waals surface area contributed by atoms with E-state index in [2.05, 4.69) is 36.8 Å². The van der Waals surface area contributed by atoms with Crippen LogP contribution in [0.4, 0.5) is 0 Å². The van der Waals surface area contributed by atoms with Gasteiger partial charge in [-0.25, -0.2) is 4.98 Å². The number of aryl methyl sites for hydroxylation is 1. The van der Waals surface area contributed by atoms with Gasteiger partial charge in [-0.15, -0.1) is 6.58 Å². The van der Waals surface area contributed by atoms with Crippen molar-refractivity contribution in [2.45, 2.75) is 40.2 Å². The number of ether oxygens (including phenoxy) is 1. The highest BCUT2D eigenvalue weighted by molar-refractivity contribution is 5.25. The van der Waals surface area contributed by atoms with Crippen LogP contribution in [0.15, 0.2) is 24.3 Å². The summed E-state index contributed by atoms with van der Waals surface area (Å²) >= 11 is 0. The van der Waals surface area contributed by atoms with Crippen molar-refractivity contribution < 1.29 is 4.74 Å². The molecule has 0 fully saturated rings. The smallest absolute Gasteiger partial charge is 0.213 e. The standard InChI is InChI=1S/C15H24N2O/c1-5-14-9-13(11-16-6-2)10-15(17-14)18-8-7-12(3)4/h9-10,16H,3,5-8,11H2,1-2,4H3. The highest BCUT2D eigenvalue weighted by Gasteiger charge is 2.03. The molecule has 18 heavy (non-hydrogen) atoms. The van der Waals surface area contributed by atoms with E-state index >= 15 is 0 Å². The fraction of sp³-hybridized carbons (Fsp3) is 0.533. The Morgan fingerprint density at radius 2 is 2.17 bits per heavy atom. The van der Waals surface area contributed by atoms with Crippen LogP contribution in [-0.4, -0.2) is 18.1 Å². The predicted molar refractivity (Wildman–Crippen MR) is 75.9 cm³/mol. The highest BCUT2D eigenvalue weighted by atomic mass is 16.5. The van der Waals surface area contributed by atoms with Crippen molar-refractivity contribution in [3.8, 4) is 5.88 Å². The summed E-state index contributed by atoms with van der Waals surface area (Å²) in [5, 5.41) is 3.32. The van der Waals surface area contributed by atoms with Gasteiger partial charge in [0.2, 0.25) is 5.88 Å². The van der Waals surface area contributed by atoms with Crippen molar-refractivity contribution in [3.63, 3.8) is 0 Å². The minimum absolute atomic E-state index is 0.649. The summed E-state index contributed by atoms with van der Waals surface area (Å²) < 4.78 is 5.68. The van der Waals surface area contributed by atoms with Crippen LogP contribution < -0.4 is 10.1 Å². The van der Waals surface area contributed by atoms with E-state index in [4.69, 9.17) is 4.74 Å². The maximum absolute atomic E-state index is 5.68. The van der Waals surface area contributed by atoms with Gasteiger partial charge in [-0.1, -0.05) is 19.4 Å². The van der Waals surface area contributed by atoms with Crippen molar-refractivity contribution in [3.05, 3.63) is 35.5 Å². The van der Waals surface area contributed by atoms with E-state index in [1.54, 1.807) is 0 Å². The minimum atomic E-state index is 0.649. The quantitative estimate of drug-likeness (QED) is 0.718. The third-order valence-corrected chi connectivity index (χ3v) is 2.63. The van der Waals surface area contributed by atoms with E-state index in [0.717, 1.165) is 43.1 Å². The summed E-state index contributed by atoms with van der Waals surface area (Å²) in [4.78, 5) is 4.48. The normalized spacial score (nSPS) is 10.4. The number of hydrogen-bond donors (Lipinski definition) is 1. The first-order chi connectivity index (χ1) is 8.65. The minimum Gasteiger partial charge on any atom is -0.477 e. The molecule has 100 valence electrons. The molecule has 1 aromatic rings. The van der Waals surface area contributed by atoms with Crippen LogP contribution in [0.25, 0.3) is 0 Å². The fourth-order valence-corrected chi connectivity index (χ4v) is 1.58. The van der Waals surface area contributed by atoms with Gasteiger partial charge in [-0.2, -0.15) is 0 Å². The van der Waals surface area contributed by atoms with Crippen LogP contribution in [0, 0.1) is 0 Å². The van der Waals surface area contributed by atoms with Crippen molar-refractivity contribution in [2.24, 2.45) is 0 Å². The molecule has 0 aliphatic heterocycles. The molecular weight excluding hydrogens is 224 g/mol.